The Morgan fingerprint density at radius 3 is 2.60 bits per heavy atom. The first-order chi connectivity index (χ1) is 12.2. The zero-order valence-corrected chi connectivity index (χ0v) is 13.9. The predicted molar refractivity (Wildman–Crippen MR) is 98.8 cm³/mol. The maximum atomic E-state index is 11.8. The zero-order chi connectivity index (χ0) is 17.2. The number of H-pyrrole nitrogens is 1. The van der Waals surface area contributed by atoms with Gasteiger partial charge in [0, 0.05) is 10.9 Å². The van der Waals surface area contributed by atoms with Crippen LogP contribution in [0.5, 0.6) is 0 Å². The van der Waals surface area contributed by atoms with Crippen molar-refractivity contribution >= 4 is 28.2 Å². The number of furan rings is 1. The van der Waals surface area contributed by atoms with E-state index in [0.717, 1.165) is 16.7 Å². The van der Waals surface area contributed by atoms with Crippen molar-refractivity contribution < 1.29 is 4.42 Å². The molecule has 2 aromatic carbocycles. The van der Waals surface area contributed by atoms with Crippen molar-refractivity contribution in [1.82, 2.24) is 10.2 Å². The summed E-state index contributed by atoms with van der Waals surface area (Å²) in [7, 11) is 0. The van der Waals surface area contributed by atoms with E-state index in [-0.39, 0.29) is 5.56 Å². The van der Waals surface area contributed by atoms with E-state index >= 15 is 0 Å². The van der Waals surface area contributed by atoms with Crippen molar-refractivity contribution in [3.05, 3.63) is 81.8 Å². The Labute approximate surface area is 148 Å². The molecule has 0 aliphatic carbocycles. The number of hydrogen-bond acceptors (Lipinski definition) is 4. The van der Waals surface area contributed by atoms with E-state index < -0.39 is 0 Å². The average molecular weight is 352 g/mol. The topological polar surface area (TPSA) is 70.9 Å². The minimum absolute atomic E-state index is 0.208. The molecule has 0 saturated carbocycles. The van der Waals surface area contributed by atoms with E-state index in [0.29, 0.717) is 28.5 Å². The minimum Gasteiger partial charge on any atom is -0.459 e. The Morgan fingerprint density at radius 2 is 1.76 bits per heavy atom. The summed E-state index contributed by atoms with van der Waals surface area (Å²) >= 11 is 6.20. The van der Waals surface area contributed by atoms with Gasteiger partial charge in [0.25, 0.3) is 5.56 Å². The average Bonchev–Trinajstić information content (AvgIpc) is 3.11. The van der Waals surface area contributed by atoms with Crippen LogP contribution in [-0.4, -0.2) is 10.2 Å². The maximum absolute atomic E-state index is 11.8. The van der Waals surface area contributed by atoms with Crippen LogP contribution in [0.1, 0.15) is 5.76 Å². The Kier molecular flexibility index (Phi) is 3.99. The van der Waals surface area contributed by atoms with Gasteiger partial charge in [0.2, 0.25) is 0 Å². The predicted octanol–water partition coefficient (Wildman–Crippen LogP) is 4.45. The lowest BCUT2D eigenvalue weighted by atomic mass is 10.2. The van der Waals surface area contributed by atoms with Crippen molar-refractivity contribution in [3.8, 4) is 11.3 Å². The van der Waals surface area contributed by atoms with Crippen LogP contribution in [0.25, 0.3) is 22.1 Å². The van der Waals surface area contributed by atoms with Crippen molar-refractivity contribution in [1.29, 1.82) is 0 Å². The monoisotopic (exact) mass is 351 g/mol. The fourth-order valence-electron chi connectivity index (χ4n) is 2.70. The largest absolute Gasteiger partial charge is 0.459 e. The standard InChI is InChI=1S/C19H14ClN3O2/c20-16-8-4-3-7-15(16)17-10-9-12(25-17)11-21-18-13-5-1-2-6-14(13)19(24)23-22-18/h1-10H,11H2,(H,21,22)(H,23,24). The molecule has 0 aliphatic rings. The van der Waals surface area contributed by atoms with Gasteiger partial charge in [-0.05, 0) is 30.3 Å². The molecule has 2 N–H and O–H groups in total. The molecule has 4 rings (SSSR count). The van der Waals surface area contributed by atoms with Crippen molar-refractivity contribution in [2.45, 2.75) is 6.54 Å². The molecule has 2 aromatic heterocycles. The zero-order valence-electron chi connectivity index (χ0n) is 13.1. The van der Waals surface area contributed by atoms with Gasteiger partial charge in [-0.15, -0.1) is 0 Å². The third-order valence-corrected chi connectivity index (χ3v) is 4.26. The molecule has 0 bridgehead atoms. The summed E-state index contributed by atoms with van der Waals surface area (Å²) in [5.74, 6) is 2.06. The van der Waals surface area contributed by atoms with Crippen LogP contribution < -0.4 is 10.9 Å². The number of halogens is 1. The van der Waals surface area contributed by atoms with Crippen LogP contribution in [0.2, 0.25) is 5.02 Å². The quantitative estimate of drug-likeness (QED) is 0.570. The van der Waals surface area contributed by atoms with Crippen LogP contribution >= 0.6 is 11.6 Å². The summed E-state index contributed by atoms with van der Waals surface area (Å²) in [6.45, 7) is 0.438. The highest BCUT2D eigenvalue weighted by molar-refractivity contribution is 6.33. The summed E-state index contributed by atoms with van der Waals surface area (Å²) < 4.78 is 5.86. The fraction of sp³-hybridized carbons (Fsp3) is 0.0526. The number of aromatic amines is 1. The first kappa shape index (κ1) is 15.5. The third kappa shape index (κ3) is 3.02. The SMILES string of the molecule is O=c1[nH]nc(NCc2ccc(-c3ccccc3Cl)o2)c2ccccc12. The number of benzene rings is 2. The molecule has 0 aliphatic heterocycles. The van der Waals surface area contributed by atoms with E-state index in [1.54, 1.807) is 6.07 Å². The summed E-state index contributed by atoms with van der Waals surface area (Å²) in [6.07, 6.45) is 0. The molecule has 0 saturated heterocycles. The molecule has 4 aromatic rings. The minimum atomic E-state index is -0.208. The van der Waals surface area contributed by atoms with Crippen molar-refractivity contribution in [3.63, 3.8) is 0 Å². The summed E-state index contributed by atoms with van der Waals surface area (Å²) in [4.78, 5) is 11.8. The number of anilines is 1. The molecule has 0 amide bonds. The van der Waals surface area contributed by atoms with Gasteiger partial charge in [0.15, 0.2) is 5.82 Å². The number of aromatic nitrogens is 2. The number of hydrogen-bond donors (Lipinski definition) is 2. The maximum Gasteiger partial charge on any atom is 0.272 e. The van der Waals surface area contributed by atoms with Crippen LogP contribution in [0, 0.1) is 0 Å². The number of rotatable bonds is 4. The lowest BCUT2D eigenvalue weighted by molar-refractivity contribution is 0.531. The first-order valence-corrected chi connectivity index (χ1v) is 8.15. The van der Waals surface area contributed by atoms with E-state index in [2.05, 4.69) is 15.5 Å². The molecule has 0 spiro atoms. The number of fused-ring (bicyclic) bond motifs is 1. The second kappa shape index (κ2) is 6.45. The van der Waals surface area contributed by atoms with Gasteiger partial charge >= 0.3 is 0 Å². The highest BCUT2D eigenvalue weighted by atomic mass is 35.5. The molecule has 0 radical (unpaired) electrons. The van der Waals surface area contributed by atoms with Crippen molar-refractivity contribution in [2.24, 2.45) is 0 Å². The van der Waals surface area contributed by atoms with Gasteiger partial charge in [-0.1, -0.05) is 41.9 Å². The Morgan fingerprint density at radius 1 is 1.00 bits per heavy atom. The molecule has 6 heteroatoms. The normalized spacial score (nSPS) is 10.9. The Balaban J connectivity index is 1.58. The fourth-order valence-corrected chi connectivity index (χ4v) is 2.93. The molecule has 2 heterocycles. The second-order valence-electron chi connectivity index (χ2n) is 5.55. The van der Waals surface area contributed by atoms with Gasteiger partial charge in [0.1, 0.15) is 11.5 Å². The van der Waals surface area contributed by atoms with Gasteiger partial charge in [-0.3, -0.25) is 4.79 Å². The van der Waals surface area contributed by atoms with Gasteiger partial charge in [-0.25, -0.2) is 5.10 Å². The molecule has 25 heavy (non-hydrogen) atoms. The summed E-state index contributed by atoms with van der Waals surface area (Å²) in [5, 5.41) is 11.8. The Hall–Kier alpha value is -3.05. The lowest BCUT2D eigenvalue weighted by Gasteiger charge is -2.06. The highest BCUT2D eigenvalue weighted by Gasteiger charge is 2.10. The Bertz CT molecular complexity index is 1100. The van der Waals surface area contributed by atoms with E-state index in [1.165, 1.54) is 0 Å². The smallest absolute Gasteiger partial charge is 0.272 e. The van der Waals surface area contributed by atoms with Gasteiger partial charge in [0.05, 0.1) is 17.0 Å². The molecular weight excluding hydrogens is 338 g/mol. The van der Waals surface area contributed by atoms with E-state index in [9.17, 15) is 4.79 Å². The summed E-state index contributed by atoms with van der Waals surface area (Å²) in [6, 6.07) is 18.6. The van der Waals surface area contributed by atoms with Crippen molar-refractivity contribution in [2.75, 3.05) is 5.32 Å². The van der Waals surface area contributed by atoms with E-state index in [4.69, 9.17) is 16.0 Å². The van der Waals surface area contributed by atoms with Gasteiger partial charge < -0.3 is 9.73 Å². The molecule has 124 valence electrons. The number of nitrogens with zero attached hydrogens (tertiary/aromatic N) is 1. The van der Waals surface area contributed by atoms with Crippen LogP contribution in [-0.2, 0) is 6.54 Å². The van der Waals surface area contributed by atoms with Crippen LogP contribution in [0.3, 0.4) is 0 Å². The van der Waals surface area contributed by atoms with Crippen LogP contribution in [0.15, 0.2) is 69.9 Å². The van der Waals surface area contributed by atoms with Gasteiger partial charge in [-0.2, -0.15) is 5.10 Å². The first-order valence-electron chi connectivity index (χ1n) is 7.77. The third-order valence-electron chi connectivity index (χ3n) is 3.93. The molecule has 5 nitrogen and oxygen atoms in total. The molecule has 0 atom stereocenters. The number of nitrogens with one attached hydrogen (secondary N) is 2. The molecular formula is C19H14ClN3O2. The summed E-state index contributed by atoms with van der Waals surface area (Å²) in [5.41, 5.74) is 0.642. The molecule has 0 fully saturated rings. The van der Waals surface area contributed by atoms with E-state index in [1.807, 2.05) is 54.6 Å². The second-order valence-corrected chi connectivity index (χ2v) is 5.95. The van der Waals surface area contributed by atoms with Crippen LogP contribution in [0.4, 0.5) is 5.82 Å². The highest BCUT2D eigenvalue weighted by Crippen LogP contribution is 2.29. The molecule has 0 unspecified atom stereocenters. The lowest BCUT2D eigenvalue weighted by Crippen LogP contribution is -2.11.